The first-order valence-electron chi connectivity index (χ1n) is 21.3. The molecule has 0 radical (unpaired) electrons. The van der Waals surface area contributed by atoms with Crippen LogP contribution in [0.4, 0.5) is 17.1 Å². The molecule has 286 valence electrons. The van der Waals surface area contributed by atoms with Gasteiger partial charge in [-0.25, -0.2) is 0 Å². The Bertz CT molecular complexity index is 3480. The number of fused-ring (bicyclic) bond motifs is 9. The summed E-state index contributed by atoms with van der Waals surface area (Å²) in [6.07, 6.45) is 0. The molecule has 0 fully saturated rings. The molecule has 11 aromatic rings. The summed E-state index contributed by atoms with van der Waals surface area (Å²) in [7, 11) is 0. The predicted octanol–water partition coefficient (Wildman–Crippen LogP) is 16.4. The quantitative estimate of drug-likeness (QED) is 0.152. The molecule has 1 unspecified atom stereocenters. The number of hydrogen-bond acceptors (Lipinski definition) is 1. The summed E-state index contributed by atoms with van der Waals surface area (Å²) in [6, 6.07) is 85.3. The molecule has 1 atom stereocenters. The van der Waals surface area contributed by atoms with E-state index < -0.39 is 0 Å². The maximum atomic E-state index is 2.52. The molecule has 1 nitrogen and oxygen atoms in total. The van der Waals surface area contributed by atoms with Crippen molar-refractivity contribution in [1.29, 1.82) is 0 Å². The van der Waals surface area contributed by atoms with Crippen LogP contribution in [0.5, 0.6) is 0 Å². The number of hydrogen-bond donors (Lipinski definition) is 0. The zero-order chi connectivity index (χ0) is 40.5. The van der Waals surface area contributed by atoms with Gasteiger partial charge >= 0.3 is 0 Å². The smallest absolute Gasteiger partial charge is 0.0546 e. The summed E-state index contributed by atoms with van der Waals surface area (Å²) in [4.78, 5) is 2.52. The fourth-order valence-corrected chi connectivity index (χ4v) is 10.5. The van der Waals surface area contributed by atoms with Crippen molar-refractivity contribution in [3.63, 3.8) is 0 Å². The Labute approximate surface area is 356 Å². The molecule has 0 aliphatic heterocycles. The summed E-state index contributed by atoms with van der Waals surface area (Å²) in [5.74, 6) is 0. The maximum absolute atomic E-state index is 2.52. The molecular weight excluding hydrogens is 735 g/mol. The highest BCUT2D eigenvalue weighted by Gasteiger charge is 2.41. The van der Waals surface area contributed by atoms with Crippen LogP contribution in [0.15, 0.2) is 231 Å². The van der Waals surface area contributed by atoms with Crippen LogP contribution >= 0.6 is 0 Å². The zero-order valence-electron chi connectivity index (χ0n) is 33.9. The second-order valence-corrected chi connectivity index (χ2v) is 16.5. The Hall–Kier alpha value is -7.74. The molecule has 0 aromatic heterocycles. The monoisotopic (exact) mass is 775 g/mol. The topological polar surface area (TPSA) is 3.24 Å². The van der Waals surface area contributed by atoms with E-state index in [1.165, 1.54) is 93.2 Å². The molecule has 1 aliphatic carbocycles. The highest BCUT2D eigenvalue weighted by molar-refractivity contribution is 6.22. The van der Waals surface area contributed by atoms with Gasteiger partial charge in [-0.3, -0.25) is 0 Å². The van der Waals surface area contributed by atoms with Gasteiger partial charge in [-0.2, -0.15) is 0 Å². The number of benzene rings is 11. The van der Waals surface area contributed by atoms with Gasteiger partial charge in [0.15, 0.2) is 0 Å². The Kier molecular flexibility index (Phi) is 8.05. The molecule has 0 bridgehead atoms. The molecule has 11 aromatic carbocycles. The minimum Gasteiger partial charge on any atom is -0.310 e. The average molecular weight is 776 g/mol. The zero-order valence-corrected chi connectivity index (χ0v) is 33.9. The van der Waals surface area contributed by atoms with Crippen LogP contribution in [-0.2, 0) is 5.41 Å². The van der Waals surface area contributed by atoms with E-state index in [0.29, 0.717) is 0 Å². The van der Waals surface area contributed by atoms with Crippen molar-refractivity contribution >= 4 is 60.2 Å². The van der Waals surface area contributed by atoms with Gasteiger partial charge in [0.25, 0.3) is 0 Å². The van der Waals surface area contributed by atoms with Crippen LogP contribution < -0.4 is 4.90 Å². The Morgan fingerprint density at radius 2 is 0.820 bits per heavy atom. The van der Waals surface area contributed by atoms with Crippen molar-refractivity contribution in [3.8, 4) is 33.4 Å². The lowest BCUT2D eigenvalue weighted by molar-refractivity contribution is 0.714. The highest BCUT2D eigenvalue weighted by Crippen LogP contribution is 2.55. The number of rotatable bonds is 6. The van der Waals surface area contributed by atoms with Gasteiger partial charge in [0.2, 0.25) is 0 Å². The molecule has 0 saturated carbocycles. The van der Waals surface area contributed by atoms with Gasteiger partial charge < -0.3 is 4.90 Å². The van der Waals surface area contributed by atoms with Crippen LogP contribution in [0.25, 0.3) is 76.5 Å². The van der Waals surface area contributed by atoms with Gasteiger partial charge in [0, 0.05) is 22.2 Å². The molecule has 0 amide bonds. The predicted molar refractivity (Wildman–Crippen MR) is 259 cm³/mol. The largest absolute Gasteiger partial charge is 0.310 e. The van der Waals surface area contributed by atoms with Crippen LogP contribution in [0, 0.1) is 0 Å². The molecule has 0 spiro atoms. The fourth-order valence-electron chi connectivity index (χ4n) is 10.5. The molecule has 0 heterocycles. The summed E-state index contributed by atoms with van der Waals surface area (Å²) in [6.45, 7) is 2.41. The average Bonchev–Trinajstić information content (AvgIpc) is 3.59. The summed E-state index contributed by atoms with van der Waals surface area (Å²) < 4.78 is 0. The summed E-state index contributed by atoms with van der Waals surface area (Å²) in [5.41, 5.74) is 14.5. The van der Waals surface area contributed by atoms with E-state index in [0.717, 1.165) is 17.1 Å². The lowest BCUT2D eigenvalue weighted by Gasteiger charge is -2.32. The maximum Gasteiger partial charge on any atom is 0.0546 e. The first kappa shape index (κ1) is 35.2. The third kappa shape index (κ3) is 5.41. The van der Waals surface area contributed by atoms with Gasteiger partial charge in [0.1, 0.15) is 0 Å². The Morgan fingerprint density at radius 3 is 1.54 bits per heavy atom. The minimum absolute atomic E-state index is 0.340. The lowest BCUT2D eigenvalue weighted by atomic mass is 9.74. The fraction of sp³-hybridized carbons (Fsp3) is 0.0333. The third-order valence-corrected chi connectivity index (χ3v) is 13.3. The molecule has 61 heavy (non-hydrogen) atoms. The van der Waals surface area contributed by atoms with E-state index in [-0.39, 0.29) is 5.41 Å². The van der Waals surface area contributed by atoms with E-state index in [9.17, 15) is 0 Å². The molecule has 1 aliphatic rings. The molecule has 0 N–H and O–H groups in total. The lowest BCUT2D eigenvalue weighted by Crippen LogP contribution is -2.22. The SMILES string of the molecule is CC1(c2ccccc2)c2ccccc2-c2ccc(N(c3ccc4c(c3)c(-c3ccccc3)c(-c3ccccc3)c3ccccc34)c3cc4ccccc4c4ccccc34)cc21. The Balaban J connectivity index is 1.20. The van der Waals surface area contributed by atoms with E-state index in [1.807, 2.05) is 0 Å². The standard InChI is InChI=1S/C60H41N/c1-60(43-24-9-4-10-25-43)55-32-18-17-29-50(55)51-36-34-45(39-56(51)60)61(57-37-42-23-11-12-26-46(42)47-27-13-15-30-52(47)57)44-33-35-49-48-28-14-16-31-53(48)58(40-19-5-2-6-20-40)59(54(49)38-44)41-21-7-3-8-22-41/h2-39H,1H3. The van der Waals surface area contributed by atoms with Crippen LogP contribution in [0.3, 0.4) is 0 Å². The van der Waals surface area contributed by atoms with Crippen molar-refractivity contribution in [3.05, 3.63) is 247 Å². The summed E-state index contributed by atoms with van der Waals surface area (Å²) in [5, 5.41) is 9.89. The number of nitrogens with zero attached hydrogens (tertiary/aromatic N) is 1. The molecular formula is C60H41N. The van der Waals surface area contributed by atoms with Gasteiger partial charge in [0.05, 0.1) is 5.69 Å². The Morgan fingerprint density at radius 1 is 0.328 bits per heavy atom. The highest BCUT2D eigenvalue weighted by atomic mass is 15.1. The van der Waals surface area contributed by atoms with E-state index in [2.05, 4.69) is 242 Å². The van der Waals surface area contributed by atoms with Crippen molar-refractivity contribution in [2.24, 2.45) is 0 Å². The van der Waals surface area contributed by atoms with E-state index >= 15 is 0 Å². The van der Waals surface area contributed by atoms with Crippen LogP contribution in [0.2, 0.25) is 0 Å². The molecule has 1 heteroatoms. The second kappa shape index (κ2) is 13.9. The molecule has 12 rings (SSSR count). The first-order valence-corrected chi connectivity index (χ1v) is 21.3. The van der Waals surface area contributed by atoms with Crippen molar-refractivity contribution in [2.45, 2.75) is 12.3 Å². The second-order valence-electron chi connectivity index (χ2n) is 16.5. The normalized spacial score (nSPS) is 14.4. The van der Waals surface area contributed by atoms with Crippen LogP contribution in [-0.4, -0.2) is 0 Å². The van der Waals surface area contributed by atoms with E-state index in [4.69, 9.17) is 0 Å². The van der Waals surface area contributed by atoms with Gasteiger partial charge in [-0.1, -0.05) is 200 Å². The summed E-state index contributed by atoms with van der Waals surface area (Å²) >= 11 is 0. The van der Waals surface area contributed by atoms with Crippen molar-refractivity contribution in [2.75, 3.05) is 4.90 Å². The van der Waals surface area contributed by atoms with E-state index in [1.54, 1.807) is 0 Å². The number of anilines is 3. The minimum atomic E-state index is -0.340. The van der Waals surface area contributed by atoms with Gasteiger partial charge in [-0.05, 0) is 125 Å². The van der Waals surface area contributed by atoms with Crippen molar-refractivity contribution < 1.29 is 0 Å². The third-order valence-electron chi connectivity index (χ3n) is 13.3. The first-order chi connectivity index (χ1) is 30.2. The van der Waals surface area contributed by atoms with Gasteiger partial charge in [-0.15, -0.1) is 0 Å². The van der Waals surface area contributed by atoms with Crippen molar-refractivity contribution in [1.82, 2.24) is 0 Å². The van der Waals surface area contributed by atoms with Crippen LogP contribution in [0.1, 0.15) is 23.6 Å². The molecule has 0 saturated heterocycles.